The van der Waals surface area contributed by atoms with Crippen molar-refractivity contribution in [3.05, 3.63) is 23.3 Å². The molecular weight excluding hydrogens is 224 g/mol. The average molecular weight is 244 g/mol. The molecule has 1 saturated heterocycles. The molecule has 0 saturated carbocycles. The number of fused-ring (bicyclic) bond motifs is 1. The minimum absolute atomic E-state index is 0.604. The van der Waals surface area contributed by atoms with Crippen molar-refractivity contribution in [1.82, 2.24) is 19.9 Å². The summed E-state index contributed by atoms with van der Waals surface area (Å²) in [6.45, 7) is 6.28. The summed E-state index contributed by atoms with van der Waals surface area (Å²) in [7, 11) is 2.08. The van der Waals surface area contributed by atoms with Gasteiger partial charge in [-0.15, -0.1) is 0 Å². The molecule has 0 bridgehead atoms. The van der Waals surface area contributed by atoms with Gasteiger partial charge < -0.3 is 9.88 Å². The molecule has 1 N–H and O–H groups in total. The second kappa shape index (κ2) is 4.35. The largest absolute Gasteiger partial charge is 0.335 e. The van der Waals surface area contributed by atoms with E-state index < -0.39 is 0 Å². The van der Waals surface area contributed by atoms with Gasteiger partial charge in [0.15, 0.2) is 0 Å². The van der Waals surface area contributed by atoms with Gasteiger partial charge in [0.05, 0.1) is 5.69 Å². The Bertz CT molecular complexity index is 579. The molecule has 1 fully saturated rings. The first kappa shape index (κ1) is 11.7. The van der Waals surface area contributed by atoms with Crippen molar-refractivity contribution in [2.75, 3.05) is 13.1 Å². The Morgan fingerprint density at radius 1 is 1.33 bits per heavy atom. The van der Waals surface area contributed by atoms with Crippen LogP contribution >= 0.6 is 0 Å². The Morgan fingerprint density at radius 3 is 2.89 bits per heavy atom. The van der Waals surface area contributed by atoms with Crippen LogP contribution in [0.25, 0.3) is 11.0 Å². The van der Waals surface area contributed by atoms with Crippen molar-refractivity contribution in [3.8, 4) is 0 Å². The predicted molar refractivity (Wildman–Crippen MR) is 72.8 cm³/mol. The van der Waals surface area contributed by atoms with Crippen LogP contribution in [0.2, 0.25) is 0 Å². The fourth-order valence-corrected chi connectivity index (χ4v) is 3.05. The molecular formula is C14H20N4. The van der Waals surface area contributed by atoms with E-state index in [2.05, 4.69) is 40.0 Å². The van der Waals surface area contributed by atoms with E-state index in [-0.39, 0.29) is 0 Å². The Kier molecular flexibility index (Phi) is 2.82. The van der Waals surface area contributed by atoms with Crippen molar-refractivity contribution >= 4 is 11.0 Å². The predicted octanol–water partition coefficient (Wildman–Crippen LogP) is 2.05. The Balaban J connectivity index is 2.17. The molecule has 4 nitrogen and oxygen atoms in total. The van der Waals surface area contributed by atoms with Crippen molar-refractivity contribution < 1.29 is 0 Å². The van der Waals surface area contributed by atoms with Crippen LogP contribution in [-0.2, 0) is 7.05 Å². The van der Waals surface area contributed by atoms with Crippen molar-refractivity contribution in [2.45, 2.75) is 32.6 Å². The lowest BCUT2D eigenvalue weighted by atomic mass is 9.91. The number of aryl methyl sites for hydroxylation is 3. The van der Waals surface area contributed by atoms with E-state index >= 15 is 0 Å². The highest BCUT2D eigenvalue weighted by molar-refractivity contribution is 5.83. The Morgan fingerprint density at radius 2 is 2.17 bits per heavy atom. The fourth-order valence-electron chi connectivity index (χ4n) is 3.05. The van der Waals surface area contributed by atoms with Gasteiger partial charge >= 0.3 is 0 Å². The summed E-state index contributed by atoms with van der Waals surface area (Å²) in [4.78, 5) is 9.11. The van der Waals surface area contributed by atoms with E-state index in [1.54, 1.807) is 0 Å². The van der Waals surface area contributed by atoms with Crippen molar-refractivity contribution in [1.29, 1.82) is 0 Å². The van der Waals surface area contributed by atoms with Crippen LogP contribution in [0.1, 0.15) is 35.8 Å². The normalized spacial score (nSPS) is 20.5. The first-order valence-corrected chi connectivity index (χ1v) is 6.67. The standard InChI is InChI=1S/C14H20N4/c1-9-13-12(11-5-4-6-15-7-11)8-18(3)14(13)17-10(2)16-9/h8,11,15H,4-7H2,1-3H3. The Labute approximate surface area is 107 Å². The molecule has 0 aromatic carbocycles. The van der Waals surface area contributed by atoms with Gasteiger partial charge in [-0.3, -0.25) is 0 Å². The SMILES string of the molecule is Cc1nc(C)c2c(C3CCCNC3)cn(C)c2n1. The molecule has 1 unspecified atom stereocenters. The van der Waals surface area contributed by atoms with Gasteiger partial charge in [0, 0.05) is 25.2 Å². The molecule has 1 atom stereocenters. The molecule has 96 valence electrons. The quantitative estimate of drug-likeness (QED) is 0.835. The summed E-state index contributed by atoms with van der Waals surface area (Å²) in [5, 5.41) is 4.75. The molecule has 3 rings (SSSR count). The number of nitrogens with one attached hydrogen (secondary N) is 1. The van der Waals surface area contributed by atoms with Crippen molar-refractivity contribution in [2.24, 2.45) is 7.05 Å². The summed E-state index contributed by atoms with van der Waals surface area (Å²) in [5.74, 6) is 1.46. The minimum atomic E-state index is 0.604. The molecule has 2 aromatic rings. The molecule has 4 heteroatoms. The van der Waals surface area contributed by atoms with Crippen LogP contribution < -0.4 is 5.32 Å². The molecule has 18 heavy (non-hydrogen) atoms. The van der Waals surface area contributed by atoms with E-state index in [9.17, 15) is 0 Å². The number of rotatable bonds is 1. The second-order valence-corrected chi connectivity index (χ2v) is 5.29. The first-order valence-electron chi connectivity index (χ1n) is 6.67. The van der Waals surface area contributed by atoms with Gasteiger partial charge in [0.2, 0.25) is 0 Å². The van der Waals surface area contributed by atoms with E-state index in [1.165, 1.54) is 23.8 Å². The van der Waals surface area contributed by atoms with Gasteiger partial charge in [0.1, 0.15) is 11.5 Å². The summed E-state index contributed by atoms with van der Waals surface area (Å²) in [6, 6.07) is 0. The fraction of sp³-hybridized carbons (Fsp3) is 0.571. The van der Waals surface area contributed by atoms with Gasteiger partial charge in [-0.25, -0.2) is 9.97 Å². The molecule has 1 aliphatic rings. The number of piperidine rings is 1. The van der Waals surface area contributed by atoms with Gasteiger partial charge in [-0.2, -0.15) is 0 Å². The molecule has 1 aliphatic heterocycles. The summed E-state index contributed by atoms with van der Waals surface area (Å²) >= 11 is 0. The second-order valence-electron chi connectivity index (χ2n) is 5.29. The monoisotopic (exact) mass is 244 g/mol. The van der Waals surface area contributed by atoms with E-state index in [0.717, 1.165) is 30.3 Å². The van der Waals surface area contributed by atoms with Crippen LogP contribution in [0.4, 0.5) is 0 Å². The average Bonchev–Trinajstić information content (AvgIpc) is 2.68. The van der Waals surface area contributed by atoms with Crippen molar-refractivity contribution in [3.63, 3.8) is 0 Å². The van der Waals surface area contributed by atoms with E-state index in [0.29, 0.717) is 5.92 Å². The molecule has 0 spiro atoms. The third kappa shape index (κ3) is 1.81. The zero-order valence-corrected chi connectivity index (χ0v) is 11.3. The van der Waals surface area contributed by atoms with Gasteiger partial charge in [-0.05, 0) is 44.7 Å². The van der Waals surface area contributed by atoms with Gasteiger partial charge in [0.25, 0.3) is 0 Å². The van der Waals surface area contributed by atoms with Crippen LogP contribution in [0, 0.1) is 13.8 Å². The highest BCUT2D eigenvalue weighted by Gasteiger charge is 2.21. The maximum absolute atomic E-state index is 4.58. The van der Waals surface area contributed by atoms with Crippen LogP contribution in [0.3, 0.4) is 0 Å². The van der Waals surface area contributed by atoms with Crippen LogP contribution in [0.5, 0.6) is 0 Å². The summed E-state index contributed by atoms with van der Waals surface area (Å²) < 4.78 is 2.14. The highest BCUT2D eigenvalue weighted by Crippen LogP contribution is 2.31. The molecule has 0 aliphatic carbocycles. The third-order valence-electron chi connectivity index (χ3n) is 3.87. The first-order chi connectivity index (χ1) is 8.66. The van der Waals surface area contributed by atoms with Crippen LogP contribution in [0.15, 0.2) is 6.20 Å². The highest BCUT2D eigenvalue weighted by atomic mass is 15.0. The zero-order valence-electron chi connectivity index (χ0n) is 11.3. The maximum Gasteiger partial charge on any atom is 0.143 e. The smallest absolute Gasteiger partial charge is 0.143 e. The molecule has 2 aromatic heterocycles. The van der Waals surface area contributed by atoms with E-state index in [1.807, 2.05) is 6.92 Å². The molecule has 3 heterocycles. The zero-order chi connectivity index (χ0) is 12.7. The van der Waals surface area contributed by atoms with E-state index in [4.69, 9.17) is 0 Å². The number of hydrogen-bond acceptors (Lipinski definition) is 3. The summed E-state index contributed by atoms with van der Waals surface area (Å²) in [6.07, 6.45) is 4.76. The maximum atomic E-state index is 4.58. The molecule has 0 radical (unpaired) electrons. The van der Waals surface area contributed by atoms with Crippen LogP contribution in [-0.4, -0.2) is 27.6 Å². The summed E-state index contributed by atoms with van der Waals surface area (Å²) in [5.41, 5.74) is 3.59. The third-order valence-corrected chi connectivity index (χ3v) is 3.87. The minimum Gasteiger partial charge on any atom is -0.335 e. The number of aromatic nitrogens is 3. The lowest BCUT2D eigenvalue weighted by Gasteiger charge is -2.22. The molecule has 0 amide bonds. The lowest BCUT2D eigenvalue weighted by Crippen LogP contribution is -2.28. The number of nitrogens with zero attached hydrogens (tertiary/aromatic N) is 3. The van der Waals surface area contributed by atoms with Gasteiger partial charge in [-0.1, -0.05) is 0 Å². The Hall–Kier alpha value is -1.42. The number of hydrogen-bond donors (Lipinski definition) is 1. The topological polar surface area (TPSA) is 42.7 Å². The lowest BCUT2D eigenvalue weighted by molar-refractivity contribution is 0.463.